The minimum absolute atomic E-state index is 0.239. The van der Waals surface area contributed by atoms with E-state index in [0.717, 1.165) is 68.7 Å². The summed E-state index contributed by atoms with van der Waals surface area (Å²) in [4.78, 5) is 37.4. The zero-order valence-electron chi connectivity index (χ0n) is 22.2. The highest BCUT2D eigenvalue weighted by Crippen LogP contribution is 2.32. The van der Waals surface area contributed by atoms with Gasteiger partial charge in [-0.2, -0.15) is 0 Å². The Morgan fingerprint density at radius 3 is 2.67 bits per heavy atom. The summed E-state index contributed by atoms with van der Waals surface area (Å²) in [6, 6.07) is 9.55. The summed E-state index contributed by atoms with van der Waals surface area (Å²) in [5, 5.41) is 6.38. The summed E-state index contributed by atoms with van der Waals surface area (Å²) < 4.78 is 15.2. The van der Waals surface area contributed by atoms with Crippen LogP contribution in [-0.4, -0.2) is 73.4 Å². The maximum Gasteiger partial charge on any atom is 0.225 e. The maximum absolute atomic E-state index is 15.2. The van der Waals surface area contributed by atoms with Gasteiger partial charge in [0.15, 0.2) is 11.6 Å². The first-order valence-electron chi connectivity index (χ1n) is 14.1. The van der Waals surface area contributed by atoms with Gasteiger partial charge in [-0.15, -0.1) is 0 Å². The standard InChI is InChI=1S/C29H32FN9O/c30-25-26(33-17-34-27(25)32-15-18-1-2-18)21-5-6-22-23(14-21)36-29(35-22)37-24-13-19(7-8-31-24)16-38-9-11-39(12-10-38)28(40)20-3-4-20/h5-8,13-14,17-18,20H,1-4,9-12,15-16H2,(H,32,33,34)(H2,31,35,36,37). The van der Waals surface area contributed by atoms with Crippen molar-refractivity contribution in [3.8, 4) is 11.3 Å². The summed E-state index contributed by atoms with van der Waals surface area (Å²) >= 11 is 0. The second-order valence-corrected chi connectivity index (χ2v) is 11.1. The average molecular weight is 542 g/mol. The van der Waals surface area contributed by atoms with Crippen molar-refractivity contribution >= 4 is 34.5 Å². The number of carbonyl (C=O) groups is 1. The van der Waals surface area contributed by atoms with Crippen LogP contribution in [0.5, 0.6) is 0 Å². The van der Waals surface area contributed by atoms with Crippen LogP contribution in [0, 0.1) is 17.7 Å². The van der Waals surface area contributed by atoms with Crippen LogP contribution in [0.2, 0.25) is 0 Å². The Labute approximate surface area is 231 Å². The summed E-state index contributed by atoms with van der Waals surface area (Å²) in [5.41, 5.74) is 3.56. The van der Waals surface area contributed by atoms with Crippen molar-refractivity contribution in [2.45, 2.75) is 32.2 Å². The number of carbonyl (C=O) groups excluding carboxylic acids is 1. The number of nitrogens with zero attached hydrogens (tertiary/aromatic N) is 6. The molecule has 4 heterocycles. The first-order valence-corrected chi connectivity index (χ1v) is 14.1. The lowest BCUT2D eigenvalue weighted by Gasteiger charge is -2.34. The Kier molecular flexibility index (Phi) is 6.51. The van der Waals surface area contributed by atoms with Crippen molar-refractivity contribution < 1.29 is 9.18 Å². The molecule has 0 radical (unpaired) electrons. The number of hydrogen-bond donors (Lipinski definition) is 3. The Morgan fingerprint density at radius 2 is 1.88 bits per heavy atom. The molecule has 10 nitrogen and oxygen atoms in total. The van der Waals surface area contributed by atoms with Gasteiger partial charge in [-0.05, 0) is 61.4 Å². The van der Waals surface area contributed by atoms with Crippen molar-refractivity contribution in [1.82, 2.24) is 34.7 Å². The molecule has 40 heavy (non-hydrogen) atoms. The second kappa shape index (κ2) is 10.5. The van der Waals surface area contributed by atoms with E-state index < -0.39 is 5.82 Å². The van der Waals surface area contributed by atoms with Gasteiger partial charge in [0.2, 0.25) is 11.9 Å². The van der Waals surface area contributed by atoms with Gasteiger partial charge in [-0.3, -0.25) is 9.69 Å². The minimum atomic E-state index is -0.447. The fourth-order valence-corrected chi connectivity index (χ4v) is 5.21. The van der Waals surface area contributed by atoms with Crippen molar-refractivity contribution in [1.29, 1.82) is 0 Å². The largest absolute Gasteiger partial charge is 0.367 e. The Bertz CT molecular complexity index is 1540. The Hall–Kier alpha value is -4.12. The normalized spacial score (nSPS) is 17.8. The highest BCUT2D eigenvalue weighted by Gasteiger charge is 2.34. The van der Waals surface area contributed by atoms with Gasteiger partial charge in [0, 0.05) is 56.9 Å². The molecule has 1 saturated heterocycles. The van der Waals surface area contributed by atoms with Crippen LogP contribution in [0.4, 0.5) is 22.0 Å². The van der Waals surface area contributed by atoms with Crippen molar-refractivity contribution in [2.75, 3.05) is 43.4 Å². The van der Waals surface area contributed by atoms with Gasteiger partial charge in [-0.1, -0.05) is 6.07 Å². The van der Waals surface area contributed by atoms with E-state index in [-0.39, 0.29) is 17.4 Å². The molecule has 2 aliphatic carbocycles. The molecule has 11 heteroatoms. The summed E-state index contributed by atoms with van der Waals surface area (Å²) in [6.45, 7) is 4.87. The maximum atomic E-state index is 15.2. The van der Waals surface area contributed by atoms with Crippen molar-refractivity contribution in [3.05, 3.63) is 54.2 Å². The first kappa shape index (κ1) is 24.9. The van der Waals surface area contributed by atoms with E-state index in [1.165, 1.54) is 19.2 Å². The number of benzene rings is 1. The van der Waals surface area contributed by atoms with E-state index in [9.17, 15) is 4.79 Å². The number of rotatable bonds is 9. The zero-order chi connectivity index (χ0) is 27.1. The lowest BCUT2D eigenvalue weighted by atomic mass is 10.1. The number of nitrogens with one attached hydrogen (secondary N) is 3. The molecule has 3 fully saturated rings. The molecule has 4 aromatic rings. The van der Waals surface area contributed by atoms with Crippen LogP contribution < -0.4 is 10.6 Å². The number of piperazine rings is 1. The van der Waals surface area contributed by atoms with E-state index >= 15 is 4.39 Å². The number of aromatic nitrogens is 5. The van der Waals surface area contributed by atoms with Crippen LogP contribution in [0.15, 0.2) is 42.9 Å². The number of hydrogen-bond acceptors (Lipinski definition) is 8. The number of halogens is 1. The molecule has 0 bridgehead atoms. The smallest absolute Gasteiger partial charge is 0.225 e. The third-order valence-electron chi connectivity index (χ3n) is 7.89. The molecule has 0 atom stereocenters. The number of imidazole rings is 1. The third-order valence-corrected chi connectivity index (χ3v) is 7.89. The first-order chi connectivity index (χ1) is 19.6. The van der Waals surface area contributed by atoms with Gasteiger partial charge >= 0.3 is 0 Å². The lowest BCUT2D eigenvalue weighted by Crippen LogP contribution is -2.48. The van der Waals surface area contributed by atoms with Crippen LogP contribution in [0.3, 0.4) is 0 Å². The minimum Gasteiger partial charge on any atom is -0.367 e. The quantitative estimate of drug-likeness (QED) is 0.289. The molecular formula is C29H32FN9O. The lowest BCUT2D eigenvalue weighted by molar-refractivity contribution is -0.134. The number of aromatic amines is 1. The van der Waals surface area contributed by atoms with E-state index in [1.54, 1.807) is 6.20 Å². The van der Waals surface area contributed by atoms with Crippen LogP contribution in [0.25, 0.3) is 22.3 Å². The molecule has 0 unspecified atom stereocenters. The number of pyridine rings is 1. The van der Waals surface area contributed by atoms with Gasteiger partial charge in [-0.25, -0.2) is 24.3 Å². The van der Waals surface area contributed by atoms with Crippen molar-refractivity contribution in [3.63, 3.8) is 0 Å². The van der Waals surface area contributed by atoms with E-state index in [4.69, 9.17) is 0 Å². The molecule has 3 aliphatic rings. The highest BCUT2D eigenvalue weighted by molar-refractivity contribution is 5.84. The fourth-order valence-electron chi connectivity index (χ4n) is 5.21. The predicted octanol–water partition coefficient (Wildman–Crippen LogP) is 4.17. The summed E-state index contributed by atoms with van der Waals surface area (Å²) in [6.07, 6.45) is 7.65. The molecule has 3 aromatic heterocycles. The molecule has 2 saturated carbocycles. The fraction of sp³-hybridized carbons (Fsp3) is 0.414. The SMILES string of the molecule is O=C(C1CC1)N1CCN(Cc2ccnc(Nc3nc4ccc(-c5ncnc(NCC6CC6)c5F)cc4[nH]3)c2)CC1. The number of amides is 1. The van der Waals surface area contributed by atoms with Crippen LogP contribution in [-0.2, 0) is 11.3 Å². The number of anilines is 3. The van der Waals surface area contributed by atoms with Gasteiger partial charge in [0.1, 0.15) is 17.8 Å². The van der Waals surface area contributed by atoms with Gasteiger partial charge in [0.05, 0.1) is 11.0 Å². The summed E-state index contributed by atoms with van der Waals surface area (Å²) in [5.74, 6) is 2.26. The molecule has 1 aliphatic heterocycles. The highest BCUT2D eigenvalue weighted by atomic mass is 19.1. The topological polar surface area (TPSA) is 115 Å². The molecule has 1 aromatic carbocycles. The molecule has 206 valence electrons. The van der Waals surface area contributed by atoms with Gasteiger partial charge < -0.3 is 20.5 Å². The Balaban J connectivity index is 1.01. The van der Waals surface area contributed by atoms with Gasteiger partial charge in [0.25, 0.3) is 0 Å². The van der Waals surface area contributed by atoms with E-state index in [2.05, 4.69) is 40.5 Å². The number of fused-ring (bicyclic) bond motifs is 1. The molecule has 7 rings (SSSR count). The monoisotopic (exact) mass is 541 g/mol. The zero-order valence-corrected chi connectivity index (χ0v) is 22.2. The number of H-pyrrole nitrogens is 1. The average Bonchev–Trinajstić information content (AvgIpc) is 3.90. The molecule has 1 amide bonds. The molecular weight excluding hydrogens is 509 g/mol. The predicted molar refractivity (Wildman–Crippen MR) is 150 cm³/mol. The van der Waals surface area contributed by atoms with E-state index in [1.807, 2.05) is 35.2 Å². The summed E-state index contributed by atoms with van der Waals surface area (Å²) in [7, 11) is 0. The molecule has 3 N–H and O–H groups in total. The second-order valence-electron chi connectivity index (χ2n) is 11.1. The third kappa shape index (κ3) is 5.46. The van der Waals surface area contributed by atoms with E-state index in [0.29, 0.717) is 29.2 Å². The van der Waals surface area contributed by atoms with Crippen LogP contribution >= 0.6 is 0 Å². The van der Waals surface area contributed by atoms with Crippen LogP contribution in [0.1, 0.15) is 31.2 Å². The molecule has 0 spiro atoms. The van der Waals surface area contributed by atoms with Crippen molar-refractivity contribution in [2.24, 2.45) is 11.8 Å². The Morgan fingerprint density at radius 1 is 1.02 bits per heavy atom.